The Morgan fingerprint density at radius 3 is 2.00 bits per heavy atom. The second-order valence-corrected chi connectivity index (χ2v) is 10.1. The van der Waals surface area contributed by atoms with Crippen LogP contribution in [0.4, 0.5) is 0 Å². The van der Waals surface area contributed by atoms with Crippen LogP contribution in [0.25, 0.3) is 10.8 Å². The number of rotatable bonds is 4. The first-order valence-electron chi connectivity index (χ1n) is 12.4. The zero-order valence-corrected chi connectivity index (χ0v) is 19.4. The van der Waals surface area contributed by atoms with Crippen LogP contribution in [0.15, 0.2) is 24.3 Å². The summed E-state index contributed by atoms with van der Waals surface area (Å²) in [5.74, 6) is -1.72. The SMILES string of the molecule is CC1CCC(NC(=O)c2ccc3c4c(ccc(C(=O)O)c24)C(=O)N(C2CCCCC2)C3=O)CC1. The lowest BCUT2D eigenvalue weighted by atomic mass is 9.85. The standard InChI is InChI=1S/C27H30N2O5/c1-15-7-9-16(10-8-15)28-24(30)18-11-12-19-23-20(13-14-21(22(18)23)27(33)34)26(32)29(25(19)31)17-5-3-2-4-6-17/h11-17H,2-10H2,1H3,(H,28,30)(H,33,34). The minimum absolute atomic E-state index is 0.0350. The average molecular weight is 463 g/mol. The number of nitrogens with zero attached hydrogens (tertiary/aromatic N) is 1. The molecule has 3 amide bonds. The molecule has 0 spiro atoms. The molecule has 0 aromatic heterocycles. The lowest BCUT2D eigenvalue weighted by molar-refractivity contribution is 0.0501. The number of hydrogen-bond donors (Lipinski definition) is 2. The van der Waals surface area contributed by atoms with Crippen molar-refractivity contribution in [2.24, 2.45) is 5.92 Å². The Morgan fingerprint density at radius 1 is 0.824 bits per heavy atom. The molecular formula is C27H30N2O5. The van der Waals surface area contributed by atoms with E-state index in [0.717, 1.165) is 57.8 Å². The van der Waals surface area contributed by atoms with Crippen LogP contribution in [0.2, 0.25) is 0 Å². The highest BCUT2D eigenvalue weighted by molar-refractivity contribution is 6.29. The fourth-order valence-corrected chi connectivity index (χ4v) is 5.91. The van der Waals surface area contributed by atoms with Crippen molar-refractivity contribution >= 4 is 34.5 Å². The van der Waals surface area contributed by atoms with Crippen LogP contribution in [0, 0.1) is 5.92 Å². The van der Waals surface area contributed by atoms with E-state index in [1.165, 1.54) is 17.0 Å². The topological polar surface area (TPSA) is 104 Å². The number of imide groups is 1. The first kappa shape index (κ1) is 22.6. The predicted octanol–water partition coefficient (Wildman–Crippen LogP) is 4.78. The molecule has 2 N–H and O–H groups in total. The van der Waals surface area contributed by atoms with Gasteiger partial charge in [0.15, 0.2) is 0 Å². The predicted molar refractivity (Wildman–Crippen MR) is 127 cm³/mol. The Hall–Kier alpha value is -3.22. The zero-order valence-electron chi connectivity index (χ0n) is 19.4. The summed E-state index contributed by atoms with van der Waals surface area (Å²) in [4.78, 5) is 53.7. The minimum Gasteiger partial charge on any atom is -0.478 e. The molecule has 1 aliphatic heterocycles. The third-order valence-corrected chi connectivity index (χ3v) is 7.83. The largest absolute Gasteiger partial charge is 0.478 e. The summed E-state index contributed by atoms with van der Waals surface area (Å²) in [6.45, 7) is 2.20. The van der Waals surface area contributed by atoms with Crippen LogP contribution >= 0.6 is 0 Å². The van der Waals surface area contributed by atoms with Gasteiger partial charge in [0.2, 0.25) is 0 Å². The van der Waals surface area contributed by atoms with Gasteiger partial charge < -0.3 is 10.4 Å². The van der Waals surface area contributed by atoms with E-state index in [4.69, 9.17) is 0 Å². The first-order valence-corrected chi connectivity index (χ1v) is 12.4. The lowest BCUT2D eigenvalue weighted by Gasteiger charge is -2.36. The molecule has 2 aromatic rings. The molecule has 0 unspecified atom stereocenters. The highest BCUT2D eigenvalue weighted by Crippen LogP contribution is 2.37. The molecule has 7 nitrogen and oxygen atoms in total. The lowest BCUT2D eigenvalue weighted by Crippen LogP contribution is -2.48. The van der Waals surface area contributed by atoms with Gasteiger partial charge in [-0.15, -0.1) is 0 Å². The van der Waals surface area contributed by atoms with Crippen molar-refractivity contribution in [3.63, 3.8) is 0 Å². The van der Waals surface area contributed by atoms with Crippen molar-refractivity contribution in [3.05, 3.63) is 46.5 Å². The van der Waals surface area contributed by atoms with Crippen LogP contribution < -0.4 is 5.32 Å². The van der Waals surface area contributed by atoms with Crippen molar-refractivity contribution in [2.75, 3.05) is 0 Å². The van der Waals surface area contributed by atoms with E-state index < -0.39 is 17.8 Å². The van der Waals surface area contributed by atoms with Gasteiger partial charge >= 0.3 is 5.97 Å². The van der Waals surface area contributed by atoms with E-state index in [0.29, 0.717) is 17.0 Å². The van der Waals surface area contributed by atoms with Crippen molar-refractivity contribution < 1.29 is 24.3 Å². The van der Waals surface area contributed by atoms with Gasteiger partial charge in [-0.25, -0.2) is 4.79 Å². The number of carbonyl (C=O) groups excluding carboxylic acids is 3. The molecule has 3 aliphatic rings. The molecule has 0 radical (unpaired) electrons. The number of benzene rings is 2. The number of carboxylic acids is 1. The molecule has 7 heteroatoms. The van der Waals surface area contributed by atoms with Crippen molar-refractivity contribution in [2.45, 2.75) is 76.8 Å². The van der Waals surface area contributed by atoms with Crippen LogP contribution in [-0.2, 0) is 0 Å². The number of amides is 3. The molecule has 5 rings (SSSR count). The minimum atomic E-state index is -1.20. The third-order valence-electron chi connectivity index (χ3n) is 7.83. The number of aromatic carboxylic acids is 1. The molecule has 1 heterocycles. The quantitative estimate of drug-likeness (QED) is 0.637. The summed E-state index contributed by atoms with van der Waals surface area (Å²) in [5.41, 5.74) is 0.709. The molecule has 0 saturated heterocycles. The van der Waals surface area contributed by atoms with Crippen LogP contribution in [0.5, 0.6) is 0 Å². The van der Waals surface area contributed by atoms with Gasteiger partial charge in [0.05, 0.1) is 5.56 Å². The molecule has 178 valence electrons. The zero-order chi connectivity index (χ0) is 24.0. The van der Waals surface area contributed by atoms with E-state index in [1.54, 1.807) is 12.1 Å². The summed E-state index contributed by atoms with van der Waals surface area (Å²) in [6.07, 6.45) is 8.44. The summed E-state index contributed by atoms with van der Waals surface area (Å²) in [5, 5.41) is 13.4. The van der Waals surface area contributed by atoms with Crippen molar-refractivity contribution in [1.29, 1.82) is 0 Å². The second kappa shape index (κ2) is 8.85. The number of carboxylic acid groups (broad SMARTS) is 1. The van der Waals surface area contributed by atoms with Crippen LogP contribution in [-0.4, -0.2) is 45.8 Å². The molecular weight excluding hydrogens is 432 g/mol. The Bertz CT molecular complexity index is 1170. The Morgan fingerprint density at radius 2 is 1.41 bits per heavy atom. The number of carbonyl (C=O) groups is 4. The Kier molecular flexibility index (Phi) is 5.88. The van der Waals surface area contributed by atoms with E-state index in [2.05, 4.69) is 12.2 Å². The molecule has 2 fully saturated rings. The van der Waals surface area contributed by atoms with Gasteiger partial charge in [-0.3, -0.25) is 19.3 Å². The average Bonchev–Trinajstić information content (AvgIpc) is 2.84. The normalized spacial score (nSPS) is 23.3. The van der Waals surface area contributed by atoms with E-state index in [1.807, 2.05) is 0 Å². The Labute approximate surface area is 198 Å². The second-order valence-electron chi connectivity index (χ2n) is 10.1. The van der Waals surface area contributed by atoms with Gasteiger partial charge in [0.1, 0.15) is 0 Å². The van der Waals surface area contributed by atoms with Crippen LogP contribution in [0.3, 0.4) is 0 Å². The highest BCUT2D eigenvalue weighted by atomic mass is 16.4. The fraction of sp³-hybridized carbons (Fsp3) is 0.481. The van der Waals surface area contributed by atoms with Gasteiger partial charge in [0, 0.05) is 39.5 Å². The summed E-state index contributed by atoms with van der Waals surface area (Å²) < 4.78 is 0. The van der Waals surface area contributed by atoms with Gasteiger partial charge in [-0.2, -0.15) is 0 Å². The first-order chi connectivity index (χ1) is 16.4. The van der Waals surface area contributed by atoms with E-state index in [9.17, 15) is 24.3 Å². The van der Waals surface area contributed by atoms with Crippen molar-refractivity contribution in [3.8, 4) is 0 Å². The maximum absolute atomic E-state index is 13.5. The van der Waals surface area contributed by atoms with Crippen molar-refractivity contribution in [1.82, 2.24) is 10.2 Å². The van der Waals surface area contributed by atoms with Crippen LogP contribution in [0.1, 0.15) is 106 Å². The molecule has 2 aromatic carbocycles. The summed E-state index contributed by atoms with van der Waals surface area (Å²) in [7, 11) is 0. The van der Waals surface area contributed by atoms with E-state index in [-0.39, 0.29) is 39.9 Å². The number of hydrogen-bond acceptors (Lipinski definition) is 4. The highest BCUT2D eigenvalue weighted by Gasteiger charge is 2.39. The molecule has 34 heavy (non-hydrogen) atoms. The van der Waals surface area contributed by atoms with Gasteiger partial charge in [-0.1, -0.05) is 26.2 Å². The maximum Gasteiger partial charge on any atom is 0.336 e. The fourth-order valence-electron chi connectivity index (χ4n) is 5.91. The van der Waals surface area contributed by atoms with E-state index >= 15 is 0 Å². The molecule has 0 bridgehead atoms. The third kappa shape index (κ3) is 3.77. The molecule has 2 aliphatic carbocycles. The van der Waals surface area contributed by atoms with Gasteiger partial charge in [-0.05, 0) is 68.7 Å². The number of nitrogens with one attached hydrogen (secondary N) is 1. The molecule has 0 atom stereocenters. The molecule has 2 saturated carbocycles. The smallest absolute Gasteiger partial charge is 0.336 e. The van der Waals surface area contributed by atoms with Gasteiger partial charge in [0.25, 0.3) is 17.7 Å². The monoisotopic (exact) mass is 462 g/mol. The maximum atomic E-state index is 13.5. The summed E-state index contributed by atoms with van der Waals surface area (Å²) in [6, 6.07) is 5.89. The summed E-state index contributed by atoms with van der Waals surface area (Å²) >= 11 is 0. The Balaban J connectivity index is 1.60.